The van der Waals surface area contributed by atoms with Gasteiger partial charge in [0.2, 0.25) is 0 Å². The minimum Gasteiger partial charge on any atom is -0.480 e. The summed E-state index contributed by atoms with van der Waals surface area (Å²) in [5.41, 5.74) is -0.281. The van der Waals surface area contributed by atoms with Gasteiger partial charge in [-0.1, -0.05) is 18.2 Å². The third kappa shape index (κ3) is 1.19. The Labute approximate surface area is 91.9 Å². The van der Waals surface area contributed by atoms with Crippen LogP contribution in [0.1, 0.15) is 23.1 Å². The number of aliphatic carboxylic acids is 1. The van der Waals surface area contributed by atoms with Crippen LogP contribution in [0.15, 0.2) is 18.2 Å². The second-order valence-electron chi connectivity index (χ2n) is 4.34. The van der Waals surface area contributed by atoms with E-state index in [1.54, 1.807) is 26.0 Å². The van der Waals surface area contributed by atoms with Crippen molar-refractivity contribution < 1.29 is 18.7 Å². The molecule has 2 rings (SSSR count). The molecule has 0 bridgehead atoms. The van der Waals surface area contributed by atoms with E-state index in [0.717, 1.165) is 5.56 Å². The van der Waals surface area contributed by atoms with Crippen molar-refractivity contribution in [1.82, 2.24) is 0 Å². The predicted octanol–water partition coefficient (Wildman–Crippen LogP) is 2.66. The number of carboxylic acids is 1. The van der Waals surface area contributed by atoms with Gasteiger partial charge < -0.3 is 5.11 Å². The van der Waals surface area contributed by atoms with Crippen LogP contribution in [0, 0.1) is 13.8 Å². The van der Waals surface area contributed by atoms with Crippen LogP contribution in [-0.2, 0) is 10.2 Å². The molecule has 1 aromatic rings. The predicted molar refractivity (Wildman–Crippen MR) is 54.8 cm³/mol. The van der Waals surface area contributed by atoms with E-state index in [9.17, 15) is 13.6 Å². The first-order valence-corrected chi connectivity index (χ1v) is 5.01. The molecule has 1 N–H and O–H groups in total. The normalized spacial score (nSPS) is 26.5. The summed E-state index contributed by atoms with van der Waals surface area (Å²) >= 11 is 0. The maximum Gasteiger partial charge on any atom is 0.320 e. The van der Waals surface area contributed by atoms with Gasteiger partial charge in [0.1, 0.15) is 0 Å². The Kier molecular flexibility index (Phi) is 2.09. The number of aryl methyl sites for hydroxylation is 1. The lowest BCUT2D eigenvalue weighted by Crippen LogP contribution is -2.28. The molecule has 1 fully saturated rings. The van der Waals surface area contributed by atoms with Crippen LogP contribution in [0.5, 0.6) is 0 Å². The molecule has 0 aromatic heterocycles. The van der Waals surface area contributed by atoms with Gasteiger partial charge in [-0.2, -0.15) is 0 Å². The average Bonchev–Trinajstić information content (AvgIpc) is 2.75. The Morgan fingerprint density at radius 1 is 1.38 bits per heavy atom. The minimum atomic E-state index is -3.13. The SMILES string of the molecule is Cc1cccc(C2(C(=O)O)CC2(F)F)c1C. The van der Waals surface area contributed by atoms with Gasteiger partial charge in [-0.25, -0.2) is 8.78 Å². The molecule has 1 saturated carbocycles. The molecular formula is C12H12F2O2. The summed E-state index contributed by atoms with van der Waals surface area (Å²) in [4.78, 5) is 11.1. The van der Waals surface area contributed by atoms with Crippen LogP contribution < -0.4 is 0 Å². The highest BCUT2D eigenvalue weighted by atomic mass is 19.3. The van der Waals surface area contributed by atoms with E-state index in [1.165, 1.54) is 6.07 Å². The summed E-state index contributed by atoms with van der Waals surface area (Å²) in [7, 11) is 0. The number of hydrogen-bond donors (Lipinski definition) is 1. The zero-order valence-electron chi connectivity index (χ0n) is 9.05. The number of carbonyl (C=O) groups is 1. The fourth-order valence-electron chi connectivity index (χ4n) is 2.14. The molecule has 0 heterocycles. The highest BCUT2D eigenvalue weighted by molar-refractivity contribution is 5.88. The molecule has 1 unspecified atom stereocenters. The fourth-order valence-corrected chi connectivity index (χ4v) is 2.14. The van der Waals surface area contributed by atoms with E-state index in [2.05, 4.69) is 0 Å². The van der Waals surface area contributed by atoms with Gasteiger partial charge in [0.25, 0.3) is 5.92 Å². The quantitative estimate of drug-likeness (QED) is 0.841. The first-order chi connectivity index (χ1) is 7.33. The molecule has 1 aliphatic carbocycles. The Morgan fingerprint density at radius 3 is 2.38 bits per heavy atom. The summed E-state index contributed by atoms with van der Waals surface area (Å²) in [6, 6.07) is 4.89. The van der Waals surface area contributed by atoms with Gasteiger partial charge in [-0.15, -0.1) is 0 Å². The second-order valence-corrected chi connectivity index (χ2v) is 4.34. The van der Waals surface area contributed by atoms with Gasteiger partial charge in [-0.3, -0.25) is 4.79 Å². The third-order valence-electron chi connectivity index (χ3n) is 3.42. The van der Waals surface area contributed by atoms with Gasteiger partial charge in [-0.05, 0) is 30.5 Å². The van der Waals surface area contributed by atoms with Crippen molar-refractivity contribution in [2.45, 2.75) is 31.6 Å². The number of benzene rings is 1. The number of rotatable bonds is 2. The van der Waals surface area contributed by atoms with E-state index in [1.807, 2.05) is 0 Å². The lowest BCUT2D eigenvalue weighted by atomic mass is 9.89. The molecule has 0 saturated heterocycles. The number of alkyl halides is 2. The van der Waals surface area contributed by atoms with Gasteiger partial charge >= 0.3 is 5.97 Å². The van der Waals surface area contributed by atoms with Crippen molar-refractivity contribution in [2.24, 2.45) is 0 Å². The number of halogens is 2. The van der Waals surface area contributed by atoms with Crippen LogP contribution in [-0.4, -0.2) is 17.0 Å². The molecule has 0 aliphatic heterocycles. The van der Waals surface area contributed by atoms with Crippen LogP contribution in [0.3, 0.4) is 0 Å². The largest absolute Gasteiger partial charge is 0.480 e. The van der Waals surface area contributed by atoms with Crippen molar-refractivity contribution >= 4 is 5.97 Å². The topological polar surface area (TPSA) is 37.3 Å². The van der Waals surface area contributed by atoms with E-state index < -0.39 is 23.7 Å². The fraction of sp³-hybridized carbons (Fsp3) is 0.417. The van der Waals surface area contributed by atoms with E-state index in [0.29, 0.717) is 5.56 Å². The van der Waals surface area contributed by atoms with E-state index >= 15 is 0 Å². The van der Waals surface area contributed by atoms with Crippen molar-refractivity contribution in [3.05, 3.63) is 34.9 Å². The molecule has 1 aliphatic rings. The molecule has 86 valence electrons. The molecule has 2 nitrogen and oxygen atoms in total. The van der Waals surface area contributed by atoms with Gasteiger partial charge in [0.15, 0.2) is 5.41 Å². The molecule has 1 aromatic carbocycles. The molecule has 0 amide bonds. The van der Waals surface area contributed by atoms with Gasteiger partial charge in [0, 0.05) is 6.42 Å². The maximum atomic E-state index is 13.3. The maximum absolute atomic E-state index is 13.3. The Balaban J connectivity index is 2.60. The zero-order chi connectivity index (χ0) is 12.1. The molecular weight excluding hydrogens is 214 g/mol. The van der Waals surface area contributed by atoms with Crippen molar-refractivity contribution in [2.75, 3.05) is 0 Å². The highest BCUT2D eigenvalue weighted by Crippen LogP contribution is 2.62. The average molecular weight is 226 g/mol. The molecule has 1 atom stereocenters. The summed E-state index contributed by atoms with van der Waals surface area (Å²) < 4.78 is 26.6. The Bertz CT molecular complexity index is 468. The van der Waals surface area contributed by atoms with Crippen LogP contribution in [0.25, 0.3) is 0 Å². The highest BCUT2D eigenvalue weighted by Gasteiger charge is 2.77. The lowest BCUT2D eigenvalue weighted by molar-refractivity contribution is -0.143. The first-order valence-electron chi connectivity index (χ1n) is 5.01. The van der Waals surface area contributed by atoms with Crippen LogP contribution in [0.2, 0.25) is 0 Å². The summed E-state index contributed by atoms with van der Waals surface area (Å²) in [6.07, 6.45) is -0.598. The minimum absolute atomic E-state index is 0.241. The second kappa shape index (κ2) is 3.03. The van der Waals surface area contributed by atoms with Gasteiger partial charge in [0.05, 0.1) is 0 Å². The summed E-state index contributed by atoms with van der Waals surface area (Å²) in [5, 5.41) is 9.03. The smallest absolute Gasteiger partial charge is 0.320 e. The lowest BCUT2D eigenvalue weighted by Gasteiger charge is -2.16. The van der Waals surface area contributed by atoms with E-state index in [-0.39, 0.29) is 5.56 Å². The Morgan fingerprint density at radius 2 is 1.94 bits per heavy atom. The number of carboxylic acid groups (broad SMARTS) is 1. The monoisotopic (exact) mass is 226 g/mol. The molecule has 0 radical (unpaired) electrons. The van der Waals surface area contributed by atoms with Crippen molar-refractivity contribution in [1.29, 1.82) is 0 Å². The summed E-state index contributed by atoms with van der Waals surface area (Å²) in [5.74, 6) is -4.57. The zero-order valence-corrected chi connectivity index (χ0v) is 9.05. The molecule has 16 heavy (non-hydrogen) atoms. The van der Waals surface area contributed by atoms with Crippen LogP contribution in [0.4, 0.5) is 8.78 Å². The first kappa shape index (κ1) is 11.0. The van der Waals surface area contributed by atoms with Crippen molar-refractivity contribution in [3.63, 3.8) is 0 Å². The van der Waals surface area contributed by atoms with Crippen molar-refractivity contribution in [3.8, 4) is 0 Å². The van der Waals surface area contributed by atoms with Crippen LogP contribution >= 0.6 is 0 Å². The third-order valence-corrected chi connectivity index (χ3v) is 3.42. The standard InChI is InChI=1S/C12H12F2O2/c1-7-4-3-5-9(8(7)2)11(10(15)16)6-12(11,13)14/h3-5H,6H2,1-2H3,(H,15,16). The van der Waals surface area contributed by atoms with E-state index in [4.69, 9.17) is 5.11 Å². The Hall–Kier alpha value is -1.45. The molecule has 0 spiro atoms. The number of hydrogen-bond acceptors (Lipinski definition) is 1. The molecule has 4 heteroatoms. The summed E-state index contributed by atoms with van der Waals surface area (Å²) in [6.45, 7) is 3.47.